The van der Waals surface area contributed by atoms with Gasteiger partial charge in [-0.25, -0.2) is 0 Å². The smallest absolute Gasteiger partial charge is 0.361 e. The van der Waals surface area contributed by atoms with Crippen LogP contribution in [0, 0.1) is 0 Å². The molecule has 1 N–H and O–H groups in total. The molecule has 0 aliphatic carbocycles. The summed E-state index contributed by atoms with van der Waals surface area (Å²) < 4.78 is 39.4. The Kier molecular flexibility index (Phi) is 4.83. The molecule has 1 heterocycles. The van der Waals surface area contributed by atoms with Crippen molar-refractivity contribution in [3.63, 3.8) is 0 Å². The first kappa shape index (κ1) is 17.9. The van der Waals surface area contributed by atoms with E-state index in [4.69, 9.17) is 11.6 Å². The van der Waals surface area contributed by atoms with Gasteiger partial charge in [0.05, 0.1) is 16.6 Å². The number of rotatable bonds is 3. The number of alkyl halides is 3. The topological polar surface area (TPSA) is 50.7 Å². The van der Waals surface area contributed by atoms with Crippen LogP contribution in [0.5, 0.6) is 0 Å². The summed E-state index contributed by atoms with van der Waals surface area (Å²) in [6.07, 6.45) is -4.39. The van der Waals surface area contributed by atoms with Crippen molar-refractivity contribution < 1.29 is 13.2 Å². The van der Waals surface area contributed by atoms with E-state index in [1.165, 1.54) is 6.07 Å². The molecule has 130 valence electrons. The van der Waals surface area contributed by atoms with Crippen LogP contribution in [0.25, 0.3) is 10.9 Å². The maximum absolute atomic E-state index is 12.9. The van der Waals surface area contributed by atoms with Gasteiger partial charge in [0, 0.05) is 9.86 Å². The molecule has 0 spiro atoms. The van der Waals surface area contributed by atoms with Gasteiger partial charge in [-0.3, -0.25) is 0 Å². The molecule has 0 radical (unpaired) electrons. The number of anilines is 1. The first-order chi connectivity index (χ1) is 11.8. The zero-order valence-corrected chi connectivity index (χ0v) is 15.1. The number of aromatic nitrogens is 3. The van der Waals surface area contributed by atoms with Gasteiger partial charge in [-0.2, -0.15) is 13.2 Å². The SMILES string of the molecule is C[C@@H](Nc1nnnc2c(Cl)cc(Br)cc12)c1cccc(C(F)(F)F)c1. The maximum Gasteiger partial charge on any atom is 0.416 e. The van der Waals surface area contributed by atoms with Gasteiger partial charge < -0.3 is 5.32 Å². The molecule has 0 aliphatic heterocycles. The highest BCUT2D eigenvalue weighted by molar-refractivity contribution is 9.10. The molecule has 9 heteroatoms. The van der Waals surface area contributed by atoms with Crippen LogP contribution in [0.1, 0.15) is 24.1 Å². The van der Waals surface area contributed by atoms with E-state index >= 15 is 0 Å². The second-order valence-corrected chi connectivity index (χ2v) is 6.73. The van der Waals surface area contributed by atoms with E-state index in [1.54, 1.807) is 25.1 Å². The fourth-order valence-electron chi connectivity index (χ4n) is 2.39. The molecule has 0 fully saturated rings. The number of benzene rings is 2. The molecule has 3 aromatic rings. The average molecular weight is 432 g/mol. The zero-order chi connectivity index (χ0) is 18.2. The van der Waals surface area contributed by atoms with Crippen molar-refractivity contribution in [3.05, 3.63) is 57.0 Å². The molecule has 25 heavy (non-hydrogen) atoms. The van der Waals surface area contributed by atoms with Crippen molar-refractivity contribution in [2.45, 2.75) is 19.1 Å². The van der Waals surface area contributed by atoms with E-state index in [0.29, 0.717) is 27.3 Å². The van der Waals surface area contributed by atoms with Crippen LogP contribution in [0.4, 0.5) is 19.0 Å². The minimum atomic E-state index is -4.39. The van der Waals surface area contributed by atoms with Crippen LogP contribution in [-0.4, -0.2) is 15.4 Å². The molecule has 0 unspecified atom stereocenters. The molecule has 0 bridgehead atoms. The summed E-state index contributed by atoms with van der Waals surface area (Å²) in [7, 11) is 0. The second kappa shape index (κ2) is 6.76. The summed E-state index contributed by atoms with van der Waals surface area (Å²) in [4.78, 5) is 0. The van der Waals surface area contributed by atoms with E-state index < -0.39 is 17.8 Å². The Bertz CT molecular complexity index is 933. The predicted molar refractivity (Wildman–Crippen MR) is 93.5 cm³/mol. The lowest BCUT2D eigenvalue weighted by Crippen LogP contribution is -2.12. The largest absolute Gasteiger partial charge is 0.416 e. The van der Waals surface area contributed by atoms with Crippen molar-refractivity contribution >= 4 is 44.3 Å². The minimum absolute atomic E-state index is 0.387. The average Bonchev–Trinajstić information content (AvgIpc) is 2.55. The number of fused-ring (bicyclic) bond motifs is 1. The Morgan fingerprint density at radius 2 is 1.92 bits per heavy atom. The molecule has 0 saturated carbocycles. The molecule has 1 aromatic heterocycles. The van der Waals surface area contributed by atoms with Crippen molar-refractivity contribution in [2.24, 2.45) is 0 Å². The third kappa shape index (κ3) is 3.85. The molecular formula is C16H11BrClF3N4. The molecule has 0 saturated heterocycles. The maximum atomic E-state index is 12.9. The van der Waals surface area contributed by atoms with Gasteiger partial charge in [0.1, 0.15) is 5.52 Å². The first-order valence-electron chi connectivity index (χ1n) is 7.17. The lowest BCUT2D eigenvalue weighted by Gasteiger charge is -2.17. The number of hydrogen-bond donors (Lipinski definition) is 1. The van der Waals surface area contributed by atoms with E-state index in [9.17, 15) is 13.2 Å². The predicted octanol–water partition coefficient (Wildman–Crippen LogP) is 5.63. The van der Waals surface area contributed by atoms with Crippen molar-refractivity contribution in [1.29, 1.82) is 0 Å². The van der Waals surface area contributed by atoms with Gasteiger partial charge >= 0.3 is 6.18 Å². The van der Waals surface area contributed by atoms with Gasteiger partial charge in [-0.05, 0) is 42.0 Å². The number of hydrogen-bond acceptors (Lipinski definition) is 4. The Hall–Kier alpha value is -1.93. The first-order valence-corrected chi connectivity index (χ1v) is 8.34. The normalized spacial score (nSPS) is 13.0. The van der Waals surface area contributed by atoms with Crippen LogP contribution in [-0.2, 0) is 6.18 Å². The van der Waals surface area contributed by atoms with E-state index in [1.807, 2.05) is 0 Å². The Balaban J connectivity index is 1.97. The van der Waals surface area contributed by atoms with Crippen LogP contribution >= 0.6 is 27.5 Å². The molecule has 1 atom stereocenters. The van der Waals surface area contributed by atoms with Crippen LogP contribution in [0.3, 0.4) is 0 Å². The zero-order valence-electron chi connectivity index (χ0n) is 12.8. The molecule has 3 rings (SSSR count). The Morgan fingerprint density at radius 1 is 1.16 bits per heavy atom. The highest BCUT2D eigenvalue weighted by Crippen LogP contribution is 2.33. The standard InChI is InChI=1S/C16H11BrClF3N4/c1-8(9-3-2-4-10(5-9)16(19,20)21)22-15-12-6-11(17)7-13(18)14(12)23-25-24-15/h2-8H,1H3,(H,22,23,24)/t8-/m1/s1. The number of nitrogens with one attached hydrogen (secondary N) is 1. The molecule has 4 nitrogen and oxygen atoms in total. The quantitative estimate of drug-likeness (QED) is 0.584. The minimum Gasteiger partial charge on any atom is -0.361 e. The highest BCUT2D eigenvalue weighted by Gasteiger charge is 2.30. The van der Waals surface area contributed by atoms with Crippen molar-refractivity contribution in [1.82, 2.24) is 15.4 Å². The third-order valence-corrected chi connectivity index (χ3v) is 4.39. The van der Waals surface area contributed by atoms with Crippen molar-refractivity contribution in [2.75, 3.05) is 5.32 Å². The van der Waals surface area contributed by atoms with Gasteiger partial charge in [0.25, 0.3) is 0 Å². The lowest BCUT2D eigenvalue weighted by atomic mass is 10.0. The molecule has 0 amide bonds. The molecule has 2 aromatic carbocycles. The van der Waals surface area contributed by atoms with Gasteiger partial charge in [-0.15, -0.1) is 10.2 Å². The van der Waals surface area contributed by atoms with Gasteiger partial charge in [-0.1, -0.05) is 39.7 Å². The monoisotopic (exact) mass is 430 g/mol. The summed E-state index contributed by atoms with van der Waals surface area (Å²) in [5, 5.41) is 15.6. The second-order valence-electron chi connectivity index (χ2n) is 5.41. The lowest BCUT2D eigenvalue weighted by molar-refractivity contribution is -0.137. The molecular weight excluding hydrogens is 421 g/mol. The van der Waals surface area contributed by atoms with Crippen LogP contribution in [0.15, 0.2) is 40.9 Å². The number of nitrogens with zero attached hydrogens (tertiary/aromatic N) is 3. The van der Waals surface area contributed by atoms with Crippen LogP contribution < -0.4 is 5.32 Å². The summed E-state index contributed by atoms with van der Waals surface area (Å²) in [5.41, 5.74) is 0.233. The summed E-state index contributed by atoms with van der Waals surface area (Å²) in [5.74, 6) is 0.387. The van der Waals surface area contributed by atoms with E-state index in [2.05, 4.69) is 36.7 Å². The fraction of sp³-hybridized carbons (Fsp3) is 0.188. The van der Waals surface area contributed by atoms with Crippen molar-refractivity contribution in [3.8, 4) is 0 Å². The number of halogens is 5. The summed E-state index contributed by atoms with van der Waals surface area (Å²) >= 11 is 9.49. The molecule has 0 aliphatic rings. The third-order valence-electron chi connectivity index (χ3n) is 3.64. The van der Waals surface area contributed by atoms with E-state index in [-0.39, 0.29) is 0 Å². The fourth-order valence-corrected chi connectivity index (χ4v) is 3.24. The Morgan fingerprint density at radius 3 is 2.64 bits per heavy atom. The summed E-state index contributed by atoms with van der Waals surface area (Å²) in [6.45, 7) is 1.74. The van der Waals surface area contributed by atoms with Gasteiger partial charge in [0.2, 0.25) is 0 Å². The van der Waals surface area contributed by atoms with E-state index in [0.717, 1.165) is 16.6 Å². The summed E-state index contributed by atoms with van der Waals surface area (Å²) in [6, 6.07) is 8.15. The van der Waals surface area contributed by atoms with Gasteiger partial charge in [0.15, 0.2) is 5.82 Å². The van der Waals surface area contributed by atoms with Crippen LogP contribution in [0.2, 0.25) is 5.02 Å². The highest BCUT2D eigenvalue weighted by atomic mass is 79.9. The Labute approximate surface area is 154 Å².